The molecule has 136 valence electrons. The molecule has 0 aromatic heterocycles. The van der Waals surface area contributed by atoms with Crippen LogP contribution in [0.2, 0.25) is 5.02 Å². The molecule has 0 radical (unpaired) electrons. The highest BCUT2D eigenvalue weighted by Gasteiger charge is 2.25. The molecule has 1 atom stereocenters. The molecule has 1 fully saturated rings. The highest BCUT2D eigenvalue weighted by molar-refractivity contribution is 6.30. The Hall–Kier alpha value is -2.10. The minimum atomic E-state index is -0.335. The number of esters is 1. The second kappa shape index (κ2) is 9.02. The molecule has 0 amide bonds. The zero-order valence-corrected chi connectivity index (χ0v) is 15.8. The Morgan fingerprint density at radius 3 is 2.62 bits per heavy atom. The average molecular weight is 370 g/mol. The van der Waals surface area contributed by atoms with E-state index in [4.69, 9.17) is 11.6 Å². The van der Waals surface area contributed by atoms with Crippen molar-refractivity contribution in [2.24, 2.45) is 0 Å². The zero-order chi connectivity index (χ0) is 18.4. The lowest BCUT2D eigenvalue weighted by Crippen LogP contribution is -2.25. The Bertz CT molecular complexity index is 753. The Balaban J connectivity index is 1.61. The van der Waals surface area contributed by atoms with Gasteiger partial charge in [0.2, 0.25) is 0 Å². The summed E-state index contributed by atoms with van der Waals surface area (Å²) in [5.41, 5.74) is 3.67. The summed E-state index contributed by atoms with van der Waals surface area (Å²) in [6.45, 7) is 2.19. The van der Waals surface area contributed by atoms with Gasteiger partial charge < -0.3 is 4.74 Å². The molecule has 0 bridgehead atoms. The van der Waals surface area contributed by atoms with Crippen molar-refractivity contribution in [1.82, 2.24) is 4.90 Å². The van der Waals surface area contributed by atoms with Crippen LogP contribution in [-0.4, -0.2) is 31.1 Å². The smallest absolute Gasteiger partial charge is 0.330 e. The monoisotopic (exact) mass is 369 g/mol. The van der Waals surface area contributed by atoms with E-state index >= 15 is 0 Å². The first-order valence-electron chi connectivity index (χ1n) is 9.00. The van der Waals surface area contributed by atoms with Gasteiger partial charge in [-0.25, -0.2) is 4.79 Å². The van der Waals surface area contributed by atoms with Gasteiger partial charge in [0.05, 0.1) is 7.11 Å². The highest BCUT2D eigenvalue weighted by Crippen LogP contribution is 2.32. The molecule has 4 heteroatoms. The van der Waals surface area contributed by atoms with Crippen LogP contribution >= 0.6 is 11.6 Å². The maximum atomic E-state index is 11.2. The van der Waals surface area contributed by atoms with Crippen molar-refractivity contribution in [2.75, 3.05) is 20.2 Å². The van der Waals surface area contributed by atoms with Gasteiger partial charge in [-0.05, 0) is 60.7 Å². The second-order valence-corrected chi connectivity index (χ2v) is 7.03. The summed E-state index contributed by atoms with van der Waals surface area (Å²) in [5.74, 6) is -0.335. The third kappa shape index (κ3) is 4.96. The molecule has 0 saturated carbocycles. The summed E-state index contributed by atoms with van der Waals surface area (Å²) in [5, 5.41) is 0.786. The van der Waals surface area contributed by atoms with Crippen LogP contribution in [0.3, 0.4) is 0 Å². The van der Waals surface area contributed by atoms with Crippen LogP contribution in [0.1, 0.15) is 35.6 Å². The summed E-state index contributed by atoms with van der Waals surface area (Å²) in [6.07, 6.45) is 6.69. The van der Waals surface area contributed by atoms with Gasteiger partial charge in [-0.2, -0.15) is 0 Å². The van der Waals surface area contributed by atoms with Crippen molar-refractivity contribution >= 4 is 23.6 Å². The summed E-state index contributed by atoms with van der Waals surface area (Å²) >= 11 is 5.96. The van der Waals surface area contributed by atoms with Crippen LogP contribution in [-0.2, 0) is 16.0 Å². The molecule has 1 aliphatic rings. The predicted molar refractivity (Wildman–Crippen MR) is 106 cm³/mol. The molecular formula is C22H24ClNO2. The zero-order valence-electron chi connectivity index (χ0n) is 15.0. The van der Waals surface area contributed by atoms with Crippen LogP contribution in [0.5, 0.6) is 0 Å². The Morgan fingerprint density at radius 1 is 1.19 bits per heavy atom. The van der Waals surface area contributed by atoms with Crippen LogP contribution < -0.4 is 0 Å². The highest BCUT2D eigenvalue weighted by atomic mass is 35.5. The number of rotatable bonds is 6. The molecule has 2 aromatic rings. The molecular weight excluding hydrogens is 346 g/mol. The molecule has 1 aliphatic heterocycles. The molecule has 3 rings (SSSR count). The van der Waals surface area contributed by atoms with E-state index in [1.54, 1.807) is 6.08 Å². The van der Waals surface area contributed by atoms with Gasteiger partial charge in [-0.1, -0.05) is 48.0 Å². The van der Waals surface area contributed by atoms with Crippen molar-refractivity contribution in [2.45, 2.75) is 25.3 Å². The first-order chi connectivity index (χ1) is 12.7. The molecule has 3 nitrogen and oxygen atoms in total. The van der Waals surface area contributed by atoms with Crippen LogP contribution in [0, 0.1) is 0 Å². The first kappa shape index (κ1) is 18.7. The van der Waals surface area contributed by atoms with Crippen LogP contribution in [0.25, 0.3) is 6.08 Å². The number of methoxy groups -OCH3 is 1. The van der Waals surface area contributed by atoms with Crippen LogP contribution in [0.15, 0.2) is 54.6 Å². The van der Waals surface area contributed by atoms with E-state index in [1.165, 1.54) is 37.2 Å². The van der Waals surface area contributed by atoms with E-state index in [2.05, 4.69) is 46.0 Å². The number of nitrogens with zero attached hydrogens (tertiary/aromatic N) is 1. The fraction of sp³-hybridized carbons (Fsp3) is 0.318. The minimum absolute atomic E-state index is 0.335. The van der Waals surface area contributed by atoms with E-state index in [0.29, 0.717) is 6.04 Å². The third-order valence-electron chi connectivity index (χ3n) is 4.90. The Morgan fingerprint density at radius 2 is 1.92 bits per heavy atom. The number of carbonyl (C=O) groups excluding carboxylic acids is 1. The maximum Gasteiger partial charge on any atom is 0.330 e. The van der Waals surface area contributed by atoms with E-state index in [9.17, 15) is 4.79 Å². The maximum absolute atomic E-state index is 11.2. The normalized spacial score (nSPS) is 17.7. The second-order valence-electron chi connectivity index (χ2n) is 6.59. The summed E-state index contributed by atoms with van der Waals surface area (Å²) in [4.78, 5) is 13.8. The molecule has 2 aromatic carbocycles. The fourth-order valence-electron chi connectivity index (χ4n) is 3.46. The topological polar surface area (TPSA) is 29.5 Å². The number of ether oxygens (including phenoxy) is 1. The number of benzene rings is 2. The molecule has 26 heavy (non-hydrogen) atoms. The number of likely N-dealkylation sites (tertiary alicyclic amines) is 1. The van der Waals surface area contributed by atoms with Crippen molar-refractivity contribution in [1.29, 1.82) is 0 Å². The SMILES string of the molecule is COC(=O)/C=C/c1ccc(C2CCCN2CCc2ccc(Cl)cc2)cc1. The molecule has 0 spiro atoms. The van der Waals surface area contributed by atoms with Gasteiger partial charge in [-0.15, -0.1) is 0 Å². The Labute approximate surface area is 160 Å². The minimum Gasteiger partial charge on any atom is -0.466 e. The molecule has 0 aliphatic carbocycles. The van der Waals surface area contributed by atoms with Gasteiger partial charge >= 0.3 is 5.97 Å². The molecule has 1 heterocycles. The van der Waals surface area contributed by atoms with Crippen molar-refractivity contribution in [3.63, 3.8) is 0 Å². The molecule has 1 unspecified atom stereocenters. The standard InChI is InChI=1S/C22H24ClNO2/c1-26-22(25)13-8-17-4-9-19(10-5-17)21-3-2-15-24(21)16-14-18-6-11-20(23)12-7-18/h4-13,21H,2-3,14-16H2,1H3/b13-8+. The van der Waals surface area contributed by atoms with E-state index in [1.807, 2.05) is 12.1 Å². The largest absolute Gasteiger partial charge is 0.466 e. The predicted octanol–water partition coefficient (Wildman–Crippen LogP) is 4.91. The van der Waals surface area contributed by atoms with Gasteiger partial charge in [0.1, 0.15) is 0 Å². The summed E-state index contributed by atoms with van der Waals surface area (Å²) in [6, 6.07) is 17.1. The Kier molecular flexibility index (Phi) is 6.48. The lowest BCUT2D eigenvalue weighted by molar-refractivity contribution is -0.134. The van der Waals surface area contributed by atoms with Gasteiger partial charge in [0, 0.05) is 23.7 Å². The van der Waals surface area contributed by atoms with E-state index in [-0.39, 0.29) is 5.97 Å². The third-order valence-corrected chi connectivity index (χ3v) is 5.15. The van der Waals surface area contributed by atoms with Gasteiger partial charge in [0.15, 0.2) is 0 Å². The van der Waals surface area contributed by atoms with Crippen LogP contribution in [0.4, 0.5) is 0 Å². The van der Waals surface area contributed by atoms with E-state index in [0.717, 1.165) is 30.1 Å². The number of halogens is 1. The average Bonchev–Trinajstić information content (AvgIpc) is 3.14. The lowest BCUT2D eigenvalue weighted by atomic mass is 10.0. The molecule has 1 saturated heterocycles. The van der Waals surface area contributed by atoms with Crippen molar-refractivity contribution in [3.8, 4) is 0 Å². The van der Waals surface area contributed by atoms with Gasteiger partial charge in [-0.3, -0.25) is 4.90 Å². The molecule has 0 N–H and O–H groups in total. The van der Waals surface area contributed by atoms with E-state index < -0.39 is 0 Å². The fourth-order valence-corrected chi connectivity index (χ4v) is 3.58. The summed E-state index contributed by atoms with van der Waals surface area (Å²) < 4.78 is 4.62. The van der Waals surface area contributed by atoms with Crippen molar-refractivity contribution in [3.05, 3.63) is 76.3 Å². The number of hydrogen-bond acceptors (Lipinski definition) is 3. The first-order valence-corrected chi connectivity index (χ1v) is 9.38. The summed E-state index contributed by atoms with van der Waals surface area (Å²) in [7, 11) is 1.38. The number of hydrogen-bond donors (Lipinski definition) is 0. The lowest BCUT2D eigenvalue weighted by Gasteiger charge is -2.25. The van der Waals surface area contributed by atoms with Gasteiger partial charge in [0.25, 0.3) is 0 Å². The quantitative estimate of drug-likeness (QED) is 0.535. The van der Waals surface area contributed by atoms with Crippen molar-refractivity contribution < 1.29 is 9.53 Å². The number of carbonyl (C=O) groups is 1.